The third kappa shape index (κ3) is 5.77. The first-order chi connectivity index (χ1) is 18.5. The van der Waals surface area contributed by atoms with E-state index < -0.39 is 67.2 Å². The molecule has 0 aliphatic carbocycles. The molecular formula is C21H23BF2N6O8S. The molecule has 7 N–H and O–H groups in total. The van der Waals surface area contributed by atoms with Crippen molar-refractivity contribution in [1.29, 1.82) is 0 Å². The predicted molar refractivity (Wildman–Crippen MR) is 130 cm³/mol. The quantitative estimate of drug-likeness (QED) is 0.128. The van der Waals surface area contributed by atoms with Crippen LogP contribution in [0.5, 0.6) is 5.75 Å². The Bertz CT molecular complexity index is 1300. The highest BCUT2D eigenvalue weighted by Crippen LogP contribution is 2.35. The number of thiazole rings is 1. The second-order valence-electron chi connectivity index (χ2n) is 8.57. The molecule has 18 heteroatoms. The van der Waals surface area contributed by atoms with Crippen molar-refractivity contribution in [2.75, 3.05) is 32.0 Å². The Balaban J connectivity index is 1.52. The number of hydrogen-bond acceptors (Lipinski definition) is 11. The molecule has 39 heavy (non-hydrogen) atoms. The van der Waals surface area contributed by atoms with Gasteiger partial charge in [0.25, 0.3) is 0 Å². The topological polar surface area (TPSA) is 208 Å². The zero-order valence-electron chi connectivity index (χ0n) is 20.0. The number of urea groups is 1. The van der Waals surface area contributed by atoms with E-state index in [2.05, 4.69) is 15.6 Å². The second kappa shape index (κ2) is 11.5. The first-order valence-corrected chi connectivity index (χ1v) is 12.3. The highest BCUT2D eigenvalue weighted by molar-refractivity contribution is 7.15. The lowest BCUT2D eigenvalue weighted by molar-refractivity contribution is -0.153. The van der Waals surface area contributed by atoms with Crippen molar-refractivity contribution < 1.29 is 47.9 Å². The van der Waals surface area contributed by atoms with Crippen LogP contribution in [-0.4, -0.2) is 93.1 Å². The van der Waals surface area contributed by atoms with Crippen LogP contribution in [0.3, 0.4) is 0 Å². The number of anilines is 1. The number of benzene rings is 1. The SMILES string of the molecule is Nc1ncc(C(NC(=O)N2CCN(CCF)C(=O)C2=O)C(=O)N[C@H]2Cc3ccc(F)c(C(O)O)c3OB2O)s1. The number of carbonyl (C=O) groups is 4. The summed E-state index contributed by atoms with van der Waals surface area (Å²) < 4.78 is 32.0. The van der Waals surface area contributed by atoms with E-state index in [1.165, 1.54) is 12.3 Å². The normalized spacial score (nSPS) is 18.1. The summed E-state index contributed by atoms with van der Waals surface area (Å²) in [6, 6.07) is -0.294. The molecule has 3 heterocycles. The summed E-state index contributed by atoms with van der Waals surface area (Å²) in [6.45, 7) is -1.50. The average Bonchev–Trinajstić information content (AvgIpc) is 3.31. The van der Waals surface area contributed by atoms with Crippen molar-refractivity contribution in [3.8, 4) is 5.75 Å². The van der Waals surface area contributed by atoms with Gasteiger partial charge in [0.05, 0.1) is 16.4 Å². The summed E-state index contributed by atoms with van der Waals surface area (Å²) in [5, 5.41) is 34.4. The van der Waals surface area contributed by atoms with E-state index in [0.717, 1.165) is 22.3 Å². The Morgan fingerprint density at radius 3 is 2.67 bits per heavy atom. The van der Waals surface area contributed by atoms with Gasteiger partial charge in [0.1, 0.15) is 24.3 Å². The van der Waals surface area contributed by atoms with Gasteiger partial charge in [0.2, 0.25) is 5.91 Å². The van der Waals surface area contributed by atoms with Crippen molar-refractivity contribution >= 4 is 47.3 Å². The lowest BCUT2D eigenvalue weighted by Crippen LogP contribution is -2.60. The molecule has 4 rings (SSSR count). The number of amides is 5. The number of alkyl halides is 1. The summed E-state index contributed by atoms with van der Waals surface area (Å²) in [7, 11) is -1.74. The van der Waals surface area contributed by atoms with E-state index in [1.807, 2.05) is 0 Å². The first kappa shape index (κ1) is 28.2. The maximum absolute atomic E-state index is 14.1. The smallest absolute Gasteiger partial charge is 0.534 e. The Morgan fingerprint density at radius 1 is 1.28 bits per heavy atom. The third-order valence-electron chi connectivity index (χ3n) is 6.10. The van der Waals surface area contributed by atoms with Crippen LogP contribution in [0.25, 0.3) is 0 Å². The zero-order chi connectivity index (χ0) is 28.4. The van der Waals surface area contributed by atoms with Gasteiger partial charge in [-0.3, -0.25) is 19.3 Å². The number of halogens is 2. The molecule has 2 aliphatic heterocycles. The standard InChI is InChI=1S/C21H23BF2N6O8S/c23-3-4-29-5-6-30(18(33)17(29)32)21(36)28-14(11-8-26-20(25)39-11)16(31)27-12-7-9-1-2-10(24)13(19(34)35)15(9)38-22(12)37/h1-2,8,12,14,19,34-35,37H,3-7H2,(H2,25,26)(H,27,31)(H,28,36)/t12-,14?/m0/s1. The summed E-state index contributed by atoms with van der Waals surface area (Å²) in [5.74, 6) is -5.52. The lowest BCUT2D eigenvalue weighted by Gasteiger charge is -2.33. The summed E-state index contributed by atoms with van der Waals surface area (Å²) in [6.07, 6.45) is -1.11. The fraction of sp³-hybridized carbons (Fsp3) is 0.381. The van der Waals surface area contributed by atoms with Gasteiger partial charge >= 0.3 is 25.0 Å². The molecule has 0 spiro atoms. The van der Waals surface area contributed by atoms with Gasteiger partial charge in [0, 0.05) is 25.8 Å². The molecule has 0 bridgehead atoms. The van der Waals surface area contributed by atoms with E-state index in [1.54, 1.807) is 0 Å². The van der Waals surface area contributed by atoms with Crippen molar-refractivity contribution in [2.24, 2.45) is 0 Å². The van der Waals surface area contributed by atoms with Crippen molar-refractivity contribution in [2.45, 2.75) is 24.7 Å². The predicted octanol–water partition coefficient (Wildman–Crippen LogP) is -1.62. The van der Waals surface area contributed by atoms with Crippen LogP contribution in [0.2, 0.25) is 0 Å². The molecule has 1 aromatic heterocycles. The molecule has 1 fully saturated rings. The minimum atomic E-state index is -2.22. The average molecular weight is 568 g/mol. The van der Waals surface area contributed by atoms with Crippen LogP contribution in [0.1, 0.15) is 28.3 Å². The minimum absolute atomic E-state index is 0.0650. The molecule has 208 valence electrons. The van der Waals surface area contributed by atoms with Crippen LogP contribution < -0.4 is 21.0 Å². The Labute approximate surface area is 223 Å². The van der Waals surface area contributed by atoms with Crippen molar-refractivity contribution in [1.82, 2.24) is 25.4 Å². The number of hydrogen-bond donors (Lipinski definition) is 6. The van der Waals surface area contributed by atoms with Crippen LogP contribution in [0, 0.1) is 5.82 Å². The number of aliphatic hydroxyl groups excluding tert-OH is 1. The summed E-state index contributed by atoms with van der Waals surface area (Å²) in [4.78, 5) is 56.4. The summed E-state index contributed by atoms with van der Waals surface area (Å²) >= 11 is 0.859. The van der Waals surface area contributed by atoms with Gasteiger partial charge in [-0.15, -0.1) is 0 Å². The fourth-order valence-electron chi connectivity index (χ4n) is 4.18. The number of nitrogen functional groups attached to an aromatic ring is 1. The molecule has 5 amide bonds. The number of nitrogens with one attached hydrogen (secondary N) is 2. The summed E-state index contributed by atoms with van der Waals surface area (Å²) in [5.41, 5.74) is 5.35. The number of imide groups is 1. The van der Waals surface area contributed by atoms with Crippen LogP contribution >= 0.6 is 11.3 Å². The Morgan fingerprint density at radius 2 is 2.03 bits per heavy atom. The first-order valence-electron chi connectivity index (χ1n) is 11.5. The number of carbonyl (C=O) groups excluding carboxylic acids is 4. The maximum atomic E-state index is 14.1. The molecule has 0 radical (unpaired) electrons. The number of piperazine rings is 1. The molecule has 2 aliphatic rings. The number of nitrogens with zero attached hydrogens (tertiary/aromatic N) is 3. The van der Waals surface area contributed by atoms with Gasteiger partial charge in [-0.05, 0) is 18.1 Å². The van der Waals surface area contributed by atoms with Gasteiger partial charge in [-0.1, -0.05) is 17.4 Å². The fourth-order valence-corrected chi connectivity index (χ4v) is 4.91. The van der Waals surface area contributed by atoms with Gasteiger partial charge < -0.3 is 41.2 Å². The van der Waals surface area contributed by atoms with Crippen molar-refractivity contribution in [3.05, 3.63) is 40.2 Å². The van der Waals surface area contributed by atoms with Gasteiger partial charge in [-0.2, -0.15) is 0 Å². The van der Waals surface area contributed by atoms with E-state index in [4.69, 9.17) is 10.4 Å². The number of aromatic nitrogens is 1. The molecule has 2 aromatic rings. The van der Waals surface area contributed by atoms with Crippen LogP contribution in [0.15, 0.2) is 18.3 Å². The molecule has 0 saturated carbocycles. The van der Waals surface area contributed by atoms with E-state index in [0.29, 0.717) is 4.90 Å². The molecular weight excluding hydrogens is 545 g/mol. The lowest BCUT2D eigenvalue weighted by atomic mass is 9.72. The molecule has 1 saturated heterocycles. The molecule has 14 nitrogen and oxygen atoms in total. The van der Waals surface area contributed by atoms with Crippen molar-refractivity contribution in [3.63, 3.8) is 0 Å². The monoisotopic (exact) mass is 568 g/mol. The van der Waals surface area contributed by atoms with Gasteiger partial charge in [0.15, 0.2) is 11.4 Å². The maximum Gasteiger partial charge on any atom is 0.547 e. The minimum Gasteiger partial charge on any atom is -0.534 e. The third-order valence-corrected chi connectivity index (χ3v) is 6.99. The molecule has 1 aromatic carbocycles. The number of aliphatic hydroxyl groups is 2. The Hall–Kier alpha value is -3.87. The van der Waals surface area contributed by atoms with E-state index in [-0.39, 0.29) is 47.4 Å². The largest absolute Gasteiger partial charge is 0.547 e. The second-order valence-corrected chi connectivity index (χ2v) is 9.67. The number of fused-ring (bicyclic) bond motifs is 1. The zero-order valence-corrected chi connectivity index (χ0v) is 20.9. The van der Waals surface area contributed by atoms with Gasteiger partial charge in [-0.25, -0.2) is 18.6 Å². The highest BCUT2D eigenvalue weighted by Gasteiger charge is 2.41. The highest BCUT2D eigenvalue weighted by atomic mass is 32.1. The van der Waals surface area contributed by atoms with E-state index >= 15 is 0 Å². The number of rotatable bonds is 7. The van der Waals surface area contributed by atoms with E-state index in [9.17, 15) is 43.2 Å². The molecule has 2 atom stereocenters. The molecule has 1 unspecified atom stereocenters. The van der Waals surface area contributed by atoms with Crippen LogP contribution in [0.4, 0.5) is 18.7 Å². The Kier molecular flexibility index (Phi) is 8.29. The van der Waals surface area contributed by atoms with Crippen LogP contribution in [-0.2, 0) is 20.8 Å². The number of nitrogens with two attached hydrogens (primary N) is 1.